The summed E-state index contributed by atoms with van der Waals surface area (Å²) in [7, 11) is 0. The number of rotatable bonds is 2. The highest BCUT2D eigenvalue weighted by atomic mass is 15.2. The minimum Gasteiger partial charge on any atom is -0.327 e. The third-order valence-corrected chi connectivity index (χ3v) is 3.30. The summed E-state index contributed by atoms with van der Waals surface area (Å²) in [4.78, 5) is 2.59. The Morgan fingerprint density at radius 3 is 2.33 bits per heavy atom. The molecule has 2 heteroatoms. The van der Waals surface area contributed by atoms with Gasteiger partial charge < -0.3 is 10.6 Å². The maximum Gasteiger partial charge on any atom is 0.0120 e. The lowest BCUT2D eigenvalue weighted by molar-refractivity contribution is -0.00229. The first-order valence-corrected chi connectivity index (χ1v) is 5.14. The fourth-order valence-electron chi connectivity index (χ4n) is 2.69. The Kier molecular flexibility index (Phi) is 2.13. The van der Waals surface area contributed by atoms with Gasteiger partial charge >= 0.3 is 0 Å². The number of fused-ring (bicyclic) bond motifs is 2. The second-order valence-electron chi connectivity index (χ2n) is 4.95. The van der Waals surface area contributed by atoms with Crippen molar-refractivity contribution < 1.29 is 0 Å². The molecule has 70 valence electrons. The van der Waals surface area contributed by atoms with Crippen LogP contribution >= 0.6 is 0 Å². The van der Waals surface area contributed by atoms with E-state index in [1.54, 1.807) is 0 Å². The minimum absolute atomic E-state index is 0.536. The summed E-state index contributed by atoms with van der Waals surface area (Å²) in [6.45, 7) is 8.37. The molecule has 0 amide bonds. The molecule has 0 aromatic carbocycles. The predicted molar refractivity (Wildman–Crippen MR) is 50.9 cm³/mol. The molecular formula is C10H20N2. The van der Waals surface area contributed by atoms with E-state index in [4.69, 9.17) is 5.73 Å². The van der Waals surface area contributed by atoms with Gasteiger partial charge in [-0.15, -0.1) is 0 Å². The van der Waals surface area contributed by atoms with E-state index >= 15 is 0 Å². The summed E-state index contributed by atoms with van der Waals surface area (Å²) in [5.74, 6) is 2.45. The molecule has 2 N–H and O–H groups in total. The molecule has 2 nitrogen and oxygen atoms in total. The highest BCUT2D eigenvalue weighted by Gasteiger charge is 2.44. The molecule has 2 atom stereocenters. The molecule has 0 radical (unpaired) electrons. The van der Waals surface area contributed by atoms with E-state index in [9.17, 15) is 0 Å². The van der Waals surface area contributed by atoms with Crippen LogP contribution in [0.3, 0.4) is 0 Å². The van der Waals surface area contributed by atoms with Crippen LogP contribution in [-0.4, -0.2) is 30.6 Å². The molecule has 3 aliphatic rings. The first-order chi connectivity index (χ1) is 5.66. The summed E-state index contributed by atoms with van der Waals surface area (Å²) < 4.78 is 0. The van der Waals surface area contributed by atoms with Gasteiger partial charge in [0.1, 0.15) is 0 Å². The van der Waals surface area contributed by atoms with Crippen molar-refractivity contribution in [2.24, 2.45) is 23.5 Å². The Morgan fingerprint density at radius 2 is 1.92 bits per heavy atom. The van der Waals surface area contributed by atoms with Crippen LogP contribution in [0, 0.1) is 17.8 Å². The monoisotopic (exact) mass is 168 g/mol. The van der Waals surface area contributed by atoms with Crippen molar-refractivity contribution in [3.63, 3.8) is 0 Å². The number of nitrogens with zero attached hydrogens (tertiary/aromatic N) is 1. The maximum absolute atomic E-state index is 5.99. The average molecular weight is 168 g/mol. The Labute approximate surface area is 75.1 Å². The SMILES string of the molecule is CC(C)CN1CC2CC(C1)C2N. The van der Waals surface area contributed by atoms with Crippen molar-refractivity contribution in [2.75, 3.05) is 19.6 Å². The second kappa shape index (κ2) is 3.00. The van der Waals surface area contributed by atoms with Crippen LogP contribution in [0.4, 0.5) is 0 Å². The van der Waals surface area contributed by atoms with Crippen molar-refractivity contribution in [3.8, 4) is 0 Å². The van der Waals surface area contributed by atoms with Gasteiger partial charge in [-0.3, -0.25) is 0 Å². The second-order valence-corrected chi connectivity index (χ2v) is 4.95. The molecule has 12 heavy (non-hydrogen) atoms. The van der Waals surface area contributed by atoms with E-state index < -0.39 is 0 Å². The zero-order valence-electron chi connectivity index (χ0n) is 8.16. The summed E-state index contributed by atoms with van der Waals surface area (Å²) in [5.41, 5.74) is 5.99. The lowest BCUT2D eigenvalue weighted by Crippen LogP contribution is -2.62. The normalized spacial score (nSPS) is 41.5. The molecule has 0 aromatic heterocycles. The van der Waals surface area contributed by atoms with Gasteiger partial charge in [-0.1, -0.05) is 13.8 Å². The summed E-state index contributed by atoms with van der Waals surface area (Å²) in [6.07, 6.45) is 1.40. The largest absolute Gasteiger partial charge is 0.327 e. The van der Waals surface area contributed by atoms with Gasteiger partial charge in [0.15, 0.2) is 0 Å². The molecule has 2 saturated heterocycles. The standard InChI is InChI=1S/C10H20N2/c1-7(2)4-12-5-8-3-9(6-12)10(8)11/h7-10H,3-6,11H2,1-2H3. The summed E-state index contributed by atoms with van der Waals surface area (Å²) in [6, 6.07) is 0.536. The Balaban J connectivity index is 1.83. The first kappa shape index (κ1) is 8.52. The van der Waals surface area contributed by atoms with Crippen LogP contribution in [0.25, 0.3) is 0 Å². The fourth-order valence-corrected chi connectivity index (χ4v) is 2.69. The van der Waals surface area contributed by atoms with Crippen molar-refractivity contribution in [1.82, 2.24) is 4.90 Å². The lowest BCUT2D eigenvalue weighted by atomic mass is 9.66. The molecule has 2 unspecified atom stereocenters. The third-order valence-electron chi connectivity index (χ3n) is 3.30. The summed E-state index contributed by atoms with van der Waals surface area (Å²) >= 11 is 0. The molecule has 2 aliphatic heterocycles. The smallest absolute Gasteiger partial charge is 0.0120 e. The number of hydrogen-bond acceptors (Lipinski definition) is 2. The van der Waals surface area contributed by atoms with Crippen LogP contribution in [0.15, 0.2) is 0 Å². The van der Waals surface area contributed by atoms with Gasteiger partial charge in [-0.25, -0.2) is 0 Å². The highest BCUT2D eigenvalue weighted by Crippen LogP contribution is 2.38. The van der Waals surface area contributed by atoms with Crippen LogP contribution in [-0.2, 0) is 0 Å². The van der Waals surface area contributed by atoms with Crippen LogP contribution in [0.1, 0.15) is 20.3 Å². The minimum atomic E-state index is 0.536. The van der Waals surface area contributed by atoms with Crippen LogP contribution < -0.4 is 5.73 Å². The predicted octanol–water partition coefficient (Wildman–Crippen LogP) is 0.921. The zero-order chi connectivity index (χ0) is 8.72. The first-order valence-electron chi connectivity index (χ1n) is 5.14. The third kappa shape index (κ3) is 1.38. The topological polar surface area (TPSA) is 29.3 Å². The molecule has 0 spiro atoms. The van der Waals surface area contributed by atoms with E-state index in [2.05, 4.69) is 18.7 Å². The number of nitrogens with two attached hydrogens (primary N) is 1. The maximum atomic E-state index is 5.99. The van der Waals surface area contributed by atoms with Gasteiger partial charge in [0, 0.05) is 25.7 Å². The van der Waals surface area contributed by atoms with E-state index in [1.165, 1.54) is 26.1 Å². The fraction of sp³-hybridized carbons (Fsp3) is 1.00. The van der Waals surface area contributed by atoms with E-state index in [-0.39, 0.29) is 0 Å². The molecule has 3 fully saturated rings. The van der Waals surface area contributed by atoms with Gasteiger partial charge in [0.25, 0.3) is 0 Å². The van der Waals surface area contributed by atoms with Gasteiger partial charge in [-0.2, -0.15) is 0 Å². The van der Waals surface area contributed by atoms with Crippen molar-refractivity contribution in [2.45, 2.75) is 26.3 Å². The van der Waals surface area contributed by atoms with Crippen molar-refractivity contribution >= 4 is 0 Å². The van der Waals surface area contributed by atoms with Crippen molar-refractivity contribution in [3.05, 3.63) is 0 Å². The Morgan fingerprint density at radius 1 is 1.33 bits per heavy atom. The zero-order valence-corrected chi connectivity index (χ0v) is 8.16. The van der Waals surface area contributed by atoms with E-state index in [0.717, 1.165) is 17.8 Å². The van der Waals surface area contributed by atoms with Crippen molar-refractivity contribution in [1.29, 1.82) is 0 Å². The Bertz CT molecular complexity index is 155. The van der Waals surface area contributed by atoms with Gasteiger partial charge in [0.05, 0.1) is 0 Å². The van der Waals surface area contributed by atoms with Gasteiger partial charge in [-0.05, 0) is 24.2 Å². The molecule has 3 rings (SSSR count). The van der Waals surface area contributed by atoms with Gasteiger partial charge in [0.2, 0.25) is 0 Å². The molecule has 1 saturated carbocycles. The van der Waals surface area contributed by atoms with Crippen LogP contribution in [0.2, 0.25) is 0 Å². The Hall–Kier alpha value is -0.0800. The summed E-state index contributed by atoms with van der Waals surface area (Å²) in [5, 5.41) is 0. The molecule has 2 bridgehead atoms. The quantitative estimate of drug-likeness (QED) is 0.664. The number of hydrogen-bond donors (Lipinski definition) is 1. The lowest BCUT2D eigenvalue weighted by Gasteiger charge is -2.52. The number of piperidine rings is 2. The van der Waals surface area contributed by atoms with Crippen LogP contribution in [0.5, 0.6) is 0 Å². The molecular weight excluding hydrogens is 148 g/mol. The highest BCUT2D eigenvalue weighted by molar-refractivity contribution is 4.99. The average Bonchev–Trinajstić information content (AvgIpc) is 2.02. The molecule has 2 heterocycles. The van der Waals surface area contributed by atoms with E-state index in [1.807, 2.05) is 0 Å². The molecule has 1 aliphatic carbocycles. The van der Waals surface area contributed by atoms with E-state index in [0.29, 0.717) is 6.04 Å². The molecule has 0 aromatic rings.